The molecule has 0 aromatic heterocycles. The molecule has 1 heterocycles. The quantitative estimate of drug-likeness (QED) is 0.834. The van der Waals surface area contributed by atoms with Gasteiger partial charge in [0.1, 0.15) is 5.82 Å². The second-order valence-corrected chi connectivity index (χ2v) is 6.76. The maximum absolute atomic E-state index is 13.1. The van der Waals surface area contributed by atoms with E-state index in [0.29, 0.717) is 5.92 Å². The normalized spacial score (nSPS) is 27.5. The fourth-order valence-corrected chi connectivity index (χ4v) is 4.16. The van der Waals surface area contributed by atoms with Gasteiger partial charge in [-0.2, -0.15) is 0 Å². The van der Waals surface area contributed by atoms with Crippen molar-refractivity contribution in [3.63, 3.8) is 0 Å². The number of carbonyl (C=O) groups is 1. The van der Waals surface area contributed by atoms with Crippen molar-refractivity contribution in [3.05, 3.63) is 71.5 Å². The summed E-state index contributed by atoms with van der Waals surface area (Å²) < 4.78 is 13.1. The van der Waals surface area contributed by atoms with Crippen molar-refractivity contribution in [1.82, 2.24) is 4.90 Å². The molecule has 2 aliphatic rings. The van der Waals surface area contributed by atoms with Crippen LogP contribution < -0.4 is 0 Å². The van der Waals surface area contributed by atoms with Gasteiger partial charge in [-0.15, -0.1) is 0 Å². The van der Waals surface area contributed by atoms with Crippen molar-refractivity contribution in [2.45, 2.75) is 25.3 Å². The van der Waals surface area contributed by atoms with Gasteiger partial charge in [-0.25, -0.2) is 4.39 Å². The molecule has 118 valence electrons. The van der Waals surface area contributed by atoms with E-state index >= 15 is 0 Å². The first kappa shape index (κ1) is 14.4. The van der Waals surface area contributed by atoms with Gasteiger partial charge in [0.05, 0.1) is 6.04 Å². The lowest BCUT2D eigenvalue weighted by Crippen LogP contribution is -2.36. The van der Waals surface area contributed by atoms with Crippen LogP contribution in [0.25, 0.3) is 0 Å². The molecule has 2 nitrogen and oxygen atoms in total. The summed E-state index contributed by atoms with van der Waals surface area (Å²) in [4.78, 5) is 14.9. The maximum Gasteiger partial charge on any atom is 0.227 e. The summed E-state index contributed by atoms with van der Waals surface area (Å²) in [5.41, 5.74) is 2.27. The highest BCUT2D eigenvalue weighted by molar-refractivity contribution is 5.84. The van der Waals surface area contributed by atoms with Gasteiger partial charge in [-0.1, -0.05) is 42.5 Å². The van der Waals surface area contributed by atoms with Gasteiger partial charge in [0.25, 0.3) is 0 Å². The van der Waals surface area contributed by atoms with Crippen LogP contribution in [-0.2, 0) is 4.79 Å². The molecule has 2 aromatic carbocycles. The second kappa shape index (κ2) is 5.48. The minimum atomic E-state index is -0.221. The van der Waals surface area contributed by atoms with E-state index in [0.717, 1.165) is 18.5 Å². The van der Waals surface area contributed by atoms with Gasteiger partial charge < -0.3 is 4.90 Å². The minimum absolute atomic E-state index is 0.0756. The molecule has 23 heavy (non-hydrogen) atoms. The summed E-state index contributed by atoms with van der Waals surface area (Å²) in [6, 6.07) is 16.9. The zero-order chi connectivity index (χ0) is 16.0. The third kappa shape index (κ3) is 2.35. The molecular formula is C20H20FNO. The highest BCUT2D eigenvalue weighted by Crippen LogP contribution is 2.53. The molecule has 0 spiro atoms. The van der Waals surface area contributed by atoms with E-state index in [2.05, 4.69) is 19.1 Å². The molecule has 4 atom stereocenters. The molecular weight excluding hydrogens is 289 g/mol. The van der Waals surface area contributed by atoms with Gasteiger partial charge in [-0.3, -0.25) is 4.79 Å². The van der Waals surface area contributed by atoms with Crippen LogP contribution in [0.1, 0.15) is 36.4 Å². The Morgan fingerprint density at radius 1 is 1.09 bits per heavy atom. The third-order valence-corrected chi connectivity index (χ3v) is 5.55. The fraction of sp³-hybridized carbons (Fsp3) is 0.350. The first-order valence-electron chi connectivity index (χ1n) is 8.26. The molecule has 1 saturated heterocycles. The van der Waals surface area contributed by atoms with E-state index in [1.165, 1.54) is 17.7 Å². The number of amides is 1. The molecule has 0 N–H and O–H groups in total. The Kier molecular flexibility index (Phi) is 3.44. The number of hydrogen-bond acceptors (Lipinski definition) is 1. The van der Waals surface area contributed by atoms with Crippen molar-refractivity contribution < 1.29 is 9.18 Å². The lowest BCUT2D eigenvalue weighted by atomic mass is 9.64. The zero-order valence-corrected chi connectivity index (χ0v) is 13.2. The summed E-state index contributed by atoms with van der Waals surface area (Å²) in [6.07, 6.45) is 1.03. The van der Waals surface area contributed by atoms with E-state index in [4.69, 9.17) is 0 Å². The Bertz CT molecular complexity index is 712. The smallest absolute Gasteiger partial charge is 0.227 e. The van der Waals surface area contributed by atoms with Crippen molar-refractivity contribution in [2.24, 2.45) is 11.8 Å². The van der Waals surface area contributed by atoms with Crippen molar-refractivity contribution in [1.29, 1.82) is 0 Å². The summed E-state index contributed by atoms with van der Waals surface area (Å²) in [5, 5.41) is 0. The average Bonchev–Trinajstić information content (AvgIpc) is 2.80. The topological polar surface area (TPSA) is 20.3 Å². The summed E-state index contributed by atoms with van der Waals surface area (Å²) in [6.45, 7) is 2.95. The van der Waals surface area contributed by atoms with Crippen LogP contribution in [0.2, 0.25) is 0 Å². The molecule has 2 aromatic rings. The summed E-state index contributed by atoms with van der Waals surface area (Å²) in [5.74, 6) is 0.810. The first-order valence-corrected chi connectivity index (χ1v) is 8.26. The van der Waals surface area contributed by atoms with Crippen LogP contribution in [0.15, 0.2) is 54.6 Å². The van der Waals surface area contributed by atoms with E-state index < -0.39 is 0 Å². The van der Waals surface area contributed by atoms with Crippen molar-refractivity contribution in [3.8, 4) is 0 Å². The third-order valence-electron chi connectivity index (χ3n) is 5.55. The molecule has 4 rings (SSSR count). The monoisotopic (exact) mass is 309 g/mol. The summed E-state index contributed by atoms with van der Waals surface area (Å²) >= 11 is 0. The number of carbonyl (C=O) groups excluding carboxylic acids is 1. The van der Waals surface area contributed by atoms with Crippen LogP contribution in [0.3, 0.4) is 0 Å². The van der Waals surface area contributed by atoms with Gasteiger partial charge in [0, 0.05) is 12.5 Å². The Morgan fingerprint density at radius 3 is 2.48 bits per heavy atom. The van der Waals surface area contributed by atoms with Gasteiger partial charge >= 0.3 is 0 Å². The Balaban J connectivity index is 1.53. The molecule has 0 bridgehead atoms. The lowest BCUT2D eigenvalue weighted by Gasteiger charge is -2.38. The predicted molar refractivity (Wildman–Crippen MR) is 87.3 cm³/mol. The number of hydrogen-bond donors (Lipinski definition) is 0. The number of fused-ring (bicyclic) bond motifs is 1. The molecule has 1 saturated carbocycles. The fourth-order valence-electron chi connectivity index (χ4n) is 4.16. The Morgan fingerprint density at radius 2 is 1.78 bits per heavy atom. The minimum Gasteiger partial charge on any atom is -0.335 e. The van der Waals surface area contributed by atoms with Crippen LogP contribution in [0.4, 0.5) is 4.39 Å². The zero-order valence-electron chi connectivity index (χ0n) is 13.2. The van der Waals surface area contributed by atoms with Crippen LogP contribution in [0.5, 0.6) is 0 Å². The number of rotatable bonds is 3. The largest absolute Gasteiger partial charge is 0.335 e. The Hall–Kier alpha value is -2.16. The molecule has 1 aliphatic heterocycles. The number of halogens is 1. The molecule has 0 radical (unpaired) electrons. The number of nitrogens with zero attached hydrogens (tertiary/aromatic N) is 1. The van der Waals surface area contributed by atoms with E-state index in [-0.39, 0.29) is 29.6 Å². The van der Waals surface area contributed by atoms with E-state index in [1.54, 1.807) is 0 Å². The van der Waals surface area contributed by atoms with E-state index in [1.807, 2.05) is 35.2 Å². The summed E-state index contributed by atoms with van der Waals surface area (Å²) in [7, 11) is 0. The van der Waals surface area contributed by atoms with Crippen LogP contribution >= 0.6 is 0 Å². The average molecular weight is 309 g/mol. The lowest BCUT2D eigenvalue weighted by molar-refractivity contribution is -0.135. The van der Waals surface area contributed by atoms with Crippen LogP contribution in [0, 0.1) is 17.7 Å². The maximum atomic E-state index is 13.1. The molecule has 0 unspecified atom stereocenters. The first-order chi connectivity index (χ1) is 11.1. The van der Waals surface area contributed by atoms with Gasteiger partial charge in [0.15, 0.2) is 0 Å². The molecule has 3 heteroatoms. The number of benzene rings is 2. The second-order valence-electron chi connectivity index (χ2n) is 6.76. The Labute approximate surface area is 135 Å². The van der Waals surface area contributed by atoms with E-state index in [9.17, 15) is 9.18 Å². The predicted octanol–water partition coefficient (Wildman–Crippen LogP) is 4.15. The number of likely N-dealkylation sites (tertiary alicyclic amines) is 1. The van der Waals surface area contributed by atoms with Crippen LogP contribution in [-0.4, -0.2) is 17.4 Å². The SMILES string of the molecule is C[C@H](c1ccccc1)N1C[C@H]2C[C@H](c3ccc(F)cc3)[C@H]2C1=O. The molecule has 1 amide bonds. The van der Waals surface area contributed by atoms with Gasteiger partial charge in [-0.05, 0) is 48.4 Å². The molecule has 1 aliphatic carbocycles. The highest BCUT2D eigenvalue weighted by Gasteiger charge is 2.54. The van der Waals surface area contributed by atoms with Crippen molar-refractivity contribution in [2.75, 3.05) is 6.54 Å². The van der Waals surface area contributed by atoms with Gasteiger partial charge in [0.2, 0.25) is 5.91 Å². The molecule has 2 fully saturated rings. The van der Waals surface area contributed by atoms with Crippen molar-refractivity contribution >= 4 is 5.91 Å². The highest BCUT2D eigenvalue weighted by atomic mass is 19.1. The standard InChI is InChI=1S/C20H20FNO/c1-13(14-5-3-2-4-6-14)22-12-16-11-18(19(16)20(22)23)15-7-9-17(21)10-8-15/h2-10,13,16,18-19H,11-12H2,1H3/t13-,16-,18-,19+/m1/s1.